The minimum Gasteiger partial charge on any atom is -0.480 e. The summed E-state index contributed by atoms with van der Waals surface area (Å²) in [6.07, 6.45) is 2.04. The van der Waals surface area contributed by atoms with E-state index in [4.69, 9.17) is 5.53 Å². The number of nitrogens with one attached hydrogen (secondary N) is 1. The molecule has 0 bridgehead atoms. The van der Waals surface area contributed by atoms with E-state index in [-0.39, 0.29) is 6.54 Å². The maximum Gasteiger partial charge on any atom is 0.328 e. The summed E-state index contributed by atoms with van der Waals surface area (Å²) in [5.74, 6) is -0.957. The molecule has 0 aliphatic carbocycles. The van der Waals surface area contributed by atoms with E-state index in [0.29, 0.717) is 12.1 Å². The molecule has 1 aromatic rings. The van der Waals surface area contributed by atoms with E-state index in [1.165, 1.54) is 5.56 Å². The van der Waals surface area contributed by atoms with E-state index in [1.807, 2.05) is 24.3 Å². The number of hydrogen-bond acceptors (Lipinski definition) is 3. The first-order valence-electron chi connectivity index (χ1n) is 6.63. The molecule has 0 aliphatic heterocycles. The molecular weight excluding hydrogens is 256 g/mol. The van der Waals surface area contributed by atoms with Crippen molar-refractivity contribution in [3.8, 4) is 0 Å². The van der Waals surface area contributed by atoms with Crippen LogP contribution in [0.2, 0.25) is 0 Å². The zero-order valence-corrected chi connectivity index (χ0v) is 11.8. The van der Waals surface area contributed by atoms with Crippen molar-refractivity contribution in [2.24, 2.45) is 5.11 Å². The van der Waals surface area contributed by atoms with Crippen LogP contribution in [-0.2, 0) is 16.8 Å². The number of rotatable bonds is 8. The topological polar surface area (TPSA) is 98.1 Å². The average Bonchev–Trinajstić information content (AvgIpc) is 2.44. The van der Waals surface area contributed by atoms with Gasteiger partial charge < -0.3 is 5.11 Å². The molecule has 0 fully saturated rings. The van der Waals surface area contributed by atoms with Crippen molar-refractivity contribution in [1.29, 1.82) is 0 Å². The molecule has 2 N–H and O–H groups in total. The van der Waals surface area contributed by atoms with E-state index in [1.54, 1.807) is 6.92 Å². The summed E-state index contributed by atoms with van der Waals surface area (Å²) < 4.78 is 0. The van der Waals surface area contributed by atoms with E-state index in [2.05, 4.69) is 22.3 Å². The van der Waals surface area contributed by atoms with E-state index >= 15 is 0 Å². The number of azide groups is 1. The Kier molecular flexibility index (Phi) is 6.03. The molecule has 0 saturated carbocycles. The molecule has 108 valence electrons. The lowest BCUT2D eigenvalue weighted by Crippen LogP contribution is -2.47. The van der Waals surface area contributed by atoms with Crippen molar-refractivity contribution in [2.45, 2.75) is 32.2 Å². The molecule has 20 heavy (non-hydrogen) atoms. The van der Waals surface area contributed by atoms with Gasteiger partial charge in [-0.3, -0.25) is 5.32 Å². The number of hydrogen-bond donors (Lipinski definition) is 2. The molecule has 6 nitrogen and oxygen atoms in total. The fraction of sp³-hybridized carbons (Fsp3) is 0.500. The largest absolute Gasteiger partial charge is 0.480 e. The van der Waals surface area contributed by atoms with Gasteiger partial charge in [0.15, 0.2) is 0 Å². The Labute approximate surface area is 118 Å². The van der Waals surface area contributed by atoms with E-state index in [0.717, 1.165) is 12.8 Å². The van der Waals surface area contributed by atoms with Gasteiger partial charge in [-0.15, -0.1) is 0 Å². The minimum absolute atomic E-state index is 0.216. The molecule has 6 heteroatoms. The Hall–Kier alpha value is -2.04. The first kappa shape index (κ1) is 16.0. The second-order valence-electron chi connectivity index (χ2n) is 4.76. The van der Waals surface area contributed by atoms with Crippen LogP contribution in [0, 0.1) is 0 Å². The van der Waals surface area contributed by atoms with Crippen LogP contribution in [0.15, 0.2) is 29.4 Å². The van der Waals surface area contributed by atoms with Crippen LogP contribution in [0.3, 0.4) is 0 Å². The third-order valence-electron chi connectivity index (χ3n) is 3.25. The molecule has 0 amide bonds. The summed E-state index contributed by atoms with van der Waals surface area (Å²) in [6, 6.07) is 7.57. The molecule has 1 atom stereocenters. The van der Waals surface area contributed by atoms with Crippen molar-refractivity contribution >= 4 is 5.97 Å². The molecule has 1 rings (SSSR count). The Morgan fingerprint density at radius 3 is 2.60 bits per heavy atom. The summed E-state index contributed by atoms with van der Waals surface area (Å²) in [5, 5.41) is 15.8. The number of carboxylic acids is 1. The van der Waals surface area contributed by atoms with Gasteiger partial charge in [0.25, 0.3) is 0 Å². The lowest BCUT2D eigenvalue weighted by Gasteiger charge is -2.27. The van der Waals surface area contributed by atoms with Gasteiger partial charge in [0, 0.05) is 18.0 Å². The summed E-state index contributed by atoms with van der Waals surface area (Å²) in [5.41, 5.74) is 8.91. The van der Waals surface area contributed by atoms with Gasteiger partial charge >= 0.3 is 5.97 Å². The minimum atomic E-state index is -1.18. The molecular formula is C14H20N4O2. The van der Waals surface area contributed by atoms with Crippen LogP contribution < -0.4 is 5.32 Å². The van der Waals surface area contributed by atoms with Crippen LogP contribution in [0.5, 0.6) is 0 Å². The molecule has 0 spiro atoms. The number of aliphatic carboxylic acids is 1. The normalized spacial score (nSPS) is 13.3. The number of carboxylic acid groups (broad SMARTS) is 1. The smallest absolute Gasteiger partial charge is 0.328 e. The van der Waals surface area contributed by atoms with Crippen molar-refractivity contribution in [1.82, 2.24) is 5.32 Å². The second-order valence-corrected chi connectivity index (χ2v) is 4.76. The van der Waals surface area contributed by atoms with Gasteiger partial charge in [-0.05, 0) is 30.0 Å². The lowest BCUT2D eigenvalue weighted by atomic mass is 9.91. The van der Waals surface area contributed by atoms with Gasteiger partial charge in [0.2, 0.25) is 0 Å². The van der Waals surface area contributed by atoms with Gasteiger partial charge in [0.1, 0.15) is 5.54 Å². The molecule has 0 aliphatic rings. The van der Waals surface area contributed by atoms with Crippen molar-refractivity contribution in [3.63, 3.8) is 0 Å². The van der Waals surface area contributed by atoms with Crippen molar-refractivity contribution in [2.75, 3.05) is 13.1 Å². The third-order valence-corrected chi connectivity index (χ3v) is 3.25. The highest BCUT2D eigenvalue weighted by atomic mass is 16.4. The van der Waals surface area contributed by atoms with Crippen LogP contribution in [0.1, 0.15) is 31.4 Å². The van der Waals surface area contributed by atoms with Gasteiger partial charge in [-0.1, -0.05) is 42.7 Å². The Morgan fingerprint density at radius 2 is 2.10 bits per heavy atom. The van der Waals surface area contributed by atoms with E-state index in [9.17, 15) is 9.90 Å². The van der Waals surface area contributed by atoms with Gasteiger partial charge in [0.05, 0.1) is 0 Å². The SMILES string of the molecule is CCCc1ccc(C(C)(NCCN=[N+]=[N-])C(=O)O)cc1. The van der Waals surface area contributed by atoms with Gasteiger partial charge in [-0.25, -0.2) is 4.79 Å². The first-order chi connectivity index (χ1) is 9.54. The zero-order chi connectivity index (χ0) is 15.0. The maximum absolute atomic E-state index is 11.5. The second kappa shape index (κ2) is 7.53. The molecule has 0 saturated heterocycles. The number of nitrogens with zero attached hydrogens (tertiary/aromatic N) is 3. The van der Waals surface area contributed by atoms with E-state index < -0.39 is 11.5 Å². The summed E-state index contributed by atoms with van der Waals surface area (Å²) in [7, 11) is 0. The number of carbonyl (C=O) groups is 1. The highest BCUT2D eigenvalue weighted by Gasteiger charge is 2.34. The highest BCUT2D eigenvalue weighted by molar-refractivity contribution is 5.80. The fourth-order valence-electron chi connectivity index (χ4n) is 2.00. The van der Waals surface area contributed by atoms with Crippen LogP contribution >= 0.6 is 0 Å². The summed E-state index contributed by atoms with van der Waals surface area (Å²) >= 11 is 0. The molecule has 0 heterocycles. The van der Waals surface area contributed by atoms with Crippen LogP contribution in [0.25, 0.3) is 10.4 Å². The average molecular weight is 276 g/mol. The van der Waals surface area contributed by atoms with Crippen LogP contribution in [-0.4, -0.2) is 24.2 Å². The summed E-state index contributed by atoms with van der Waals surface area (Å²) in [6.45, 7) is 4.24. The van der Waals surface area contributed by atoms with Gasteiger partial charge in [-0.2, -0.15) is 0 Å². The Balaban J connectivity index is 2.88. The van der Waals surface area contributed by atoms with Crippen molar-refractivity contribution in [3.05, 3.63) is 45.8 Å². The predicted molar refractivity (Wildman–Crippen MR) is 77.4 cm³/mol. The molecule has 1 aromatic carbocycles. The molecule has 0 radical (unpaired) electrons. The Morgan fingerprint density at radius 1 is 1.45 bits per heavy atom. The monoisotopic (exact) mass is 276 g/mol. The maximum atomic E-state index is 11.5. The zero-order valence-electron chi connectivity index (χ0n) is 11.8. The van der Waals surface area contributed by atoms with Crippen molar-refractivity contribution < 1.29 is 9.90 Å². The van der Waals surface area contributed by atoms with Crippen LogP contribution in [0.4, 0.5) is 0 Å². The fourth-order valence-corrected chi connectivity index (χ4v) is 2.00. The lowest BCUT2D eigenvalue weighted by molar-refractivity contribution is -0.144. The predicted octanol–water partition coefficient (Wildman–Crippen LogP) is 2.84. The standard InChI is InChI=1S/C14H20N4O2/c1-3-4-11-5-7-12(8-6-11)14(2,13(19)20)16-9-10-17-18-15/h5-8,16H,3-4,9-10H2,1-2H3,(H,19,20). The number of aryl methyl sites for hydroxylation is 1. The third kappa shape index (κ3) is 3.98. The number of benzene rings is 1. The molecule has 0 aromatic heterocycles. The first-order valence-corrected chi connectivity index (χ1v) is 6.63. The summed E-state index contributed by atoms with van der Waals surface area (Å²) in [4.78, 5) is 14.2. The highest BCUT2D eigenvalue weighted by Crippen LogP contribution is 2.22. The quantitative estimate of drug-likeness (QED) is 0.330. The Bertz CT molecular complexity index is 494. The molecule has 1 unspecified atom stereocenters.